The number of benzene rings is 1. The first-order chi connectivity index (χ1) is 9.61. The van der Waals surface area contributed by atoms with Gasteiger partial charge in [-0.1, -0.05) is 25.1 Å². The van der Waals surface area contributed by atoms with Crippen LogP contribution in [0.25, 0.3) is 0 Å². The van der Waals surface area contributed by atoms with Crippen LogP contribution in [0, 0.1) is 0 Å². The van der Waals surface area contributed by atoms with E-state index in [0.29, 0.717) is 11.6 Å². The monoisotopic (exact) mass is 276 g/mol. The molecule has 1 aliphatic heterocycles. The van der Waals surface area contributed by atoms with Gasteiger partial charge in [0.15, 0.2) is 0 Å². The molecular weight excluding hydrogens is 252 g/mol. The van der Waals surface area contributed by atoms with E-state index in [4.69, 9.17) is 0 Å². The Bertz CT molecular complexity index is 462. The molecule has 2 rings (SSSR count). The molecule has 1 aromatic carbocycles. The van der Waals surface area contributed by atoms with Gasteiger partial charge in [-0.3, -0.25) is 9.69 Å². The van der Waals surface area contributed by atoms with Crippen LogP contribution in [-0.2, 0) is 11.2 Å². The molecule has 1 saturated heterocycles. The van der Waals surface area contributed by atoms with Crippen molar-refractivity contribution in [2.45, 2.75) is 32.2 Å². The zero-order chi connectivity index (χ0) is 14.5. The van der Waals surface area contributed by atoms with Gasteiger partial charge in [0.2, 0.25) is 5.91 Å². The normalized spacial score (nSPS) is 19.2. The van der Waals surface area contributed by atoms with Gasteiger partial charge in [0.25, 0.3) is 0 Å². The van der Waals surface area contributed by atoms with E-state index < -0.39 is 0 Å². The molecule has 4 heteroatoms. The van der Waals surface area contributed by atoms with Crippen molar-refractivity contribution in [1.82, 2.24) is 9.80 Å². The number of carbonyl (C=O) groups is 1. The number of para-hydroxylation sites is 1. The minimum Gasteiger partial charge on any atom is -0.508 e. The van der Waals surface area contributed by atoms with Gasteiger partial charge in [-0.15, -0.1) is 0 Å². The van der Waals surface area contributed by atoms with Crippen LogP contribution in [-0.4, -0.2) is 53.5 Å². The summed E-state index contributed by atoms with van der Waals surface area (Å²) in [5.74, 6) is 0.264. The van der Waals surface area contributed by atoms with Crippen LogP contribution in [0.3, 0.4) is 0 Å². The van der Waals surface area contributed by atoms with Crippen LogP contribution in [0.15, 0.2) is 24.3 Å². The van der Waals surface area contributed by atoms with Gasteiger partial charge in [-0.25, -0.2) is 0 Å². The molecule has 1 aliphatic rings. The molecule has 0 bridgehead atoms. The number of likely N-dealkylation sites (tertiary alicyclic amines) is 1. The molecule has 1 N–H and O–H groups in total. The second-order valence-electron chi connectivity index (χ2n) is 5.50. The Kier molecular flexibility index (Phi) is 5.01. The van der Waals surface area contributed by atoms with E-state index in [1.807, 2.05) is 13.1 Å². The number of rotatable bonds is 5. The van der Waals surface area contributed by atoms with Crippen LogP contribution in [0.2, 0.25) is 0 Å². The van der Waals surface area contributed by atoms with Gasteiger partial charge in [0.1, 0.15) is 5.75 Å². The molecule has 1 aromatic rings. The molecule has 0 saturated carbocycles. The predicted molar refractivity (Wildman–Crippen MR) is 79.7 cm³/mol. The summed E-state index contributed by atoms with van der Waals surface area (Å²) < 4.78 is 0. The first-order valence-corrected chi connectivity index (χ1v) is 7.36. The first-order valence-electron chi connectivity index (χ1n) is 7.36. The van der Waals surface area contributed by atoms with Crippen molar-refractivity contribution in [1.29, 1.82) is 0 Å². The molecule has 0 radical (unpaired) electrons. The van der Waals surface area contributed by atoms with Crippen LogP contribution in [0.4, 0.5) is 0 Å². The van der Waals surface area contributed by atoms with E-state index >= 15 is 0 Å². The summed E-state index contributed by atoms with van der Waals surface area (Å²) >= 11 is 0. The first kappa shape index (κ1) is 14.9. The molecule has 1 fully saturated rings. The van der Waals surface area contributed by atoms with Gasteiger partial charge in [0.05, 0.1) is 6.42 Å². The smallest absolute Gasteiger partial charge is 0.226 e. The Morgan fingerprint density at radius 3 is 2.90 bits per heavy atom. The SMILES string of the molecule is CCN1CCCC1CN(C)C(=O)Cc1ccccc1O. The highest BCUT2D eigenvalue weighted by molar-refractivity contribution is 5.79. The Morgan fingerprint density at radius 2 is 2.20 bits per heavy atom. The lowest BCUT2D eigenvalue weighted by Gasteiger charge is -2.27. The molecule has 1 heterocycles. The summed E-state index contributed by atoms with van der Waals surface area (Å²) in [5.41, 5.74) is 0.697. The van der Waals surface area contributed by atoms with E-state index in [1.54, 1.807) is 23.1 Å². The summed E-state index contributed by atoms with van der Waals surface area (Å²) in [6.07, 6.45) is 2.66. The number of aromatic hydroxyl groups is 1. The summed E-state index contributed by atoms with van der Waals surface area (Å²) in [6, 6.07) is 7.52. The third kappa shape index (κ3) is 3.51. The largest absolute Gasteiger partial charge is 0.508 e. The van der Waals surface area contributed by atoms with Gasteiger partial charge < -0.3 is 10.0 Å². The van der Waals surface area contributed by atoms with Crippen LogP contribution in [0.5, 0.6) is 5.75 Å². The zero-order valence-corrected chi connectivity index (χ0v) is 12.4. The van der Waals surface area contributed by atoms with Crippen molar-refractivity contribution in [2.75, 3.05) is 26.7 Å². The standard InChI is InChI=1S/C16H24N2O2/c1-3-18-10-6-8-14(18)12-17(2)16(20)11-13-7-4-5-9-15(13)19/h4-5,7,9,14,19H,3,6,8,10-12H2,1-2H3. The third-order valence-electron chi connectivity index (χ3n) is 4.15. The second kappa shape index (κ2) is 6.75. The van der Waals surface area contributed by atoms with Crippen LogP contribution >= 0.6 is 0 Å². The van der Waals surface area contributed by atoms with Crippen molar-refractivity contribution in [3.05, 3.63) is 29.8 Å². The van der Waals surface area contributed by atoms with E-state index in [2.05, 4.69) is 11.8 Å². The number of hydrogen-bond donors (Lipinski definition) is 1. The van der Waals surface area contributed by atoms with Crippen molar-refractivity contribution < 1.29 is 9.90 Å². The van der Waals surface area contributed by atoms with Crippen molar-refractivity contribution in [3.63, 3.8) is 0 Å². The van der Waals surface area contributed by atoms with Crippen molar-refractivity contribution in [3.8, 4) is 5.75 Å². The van der Waals surface area contributed by atoms with Gasteiger partial charge in [0, 0.05) is 25.2 Å². The molecule has 20 heavy (non-hydrogen) atoms. The third-order valence-corrected chi connectivity index (χ3v) is 4.15. The second-order valence-corrected chi connectivity index (χ2v) is 5.50. The maximum Gasteiger partial charge on any atom is 0.226 e. The summed E-state index contributed by atoms with van der Waals surface area (Å²) in [4.78, 5) is 16.5. The quantitative estimate of drug-likeness (QED) is 0.893. The molecule has 0 aromatic heterocycles. The van der Waals surface area contributed by atoms with E-state index in [1.165, 1.54) is 12.8 Å². The van der Waals surface area contributed by atoms with Gasteiger partial charge in [-0.2, -0.15) is 0 Å². The van der Waals surface area contributed by atoms with Crippen LogP contribution < -0.4 is 0 Å². The highest BCUT2D eigenvalue weighted by Gasteiger charge is 2.25. The Labute approximate surface area is 121 Å². The van der Waals surface area contributed by atoms with Crippen molar-refractivity contribution >= 4 is 5.91 Å². The van der Waals surface area contributed by atoms with E-state index in [-0.39, 0.29) is 18.1 Å². The number of likely N-dealkylation sites (N-methyl/N-ethyl adjacent to an activating group) is 2. The lowest BCUT2D eigenvalue weighted by Crippen LogP contribution is -2.41. The number of hydrogen-bond acceptors (Lipinski definition) is 3. The van der Waals surface area contributed by atoms with E-state index in [0.717, 1.165) is 19.6 Å². The topological polar surface area (TPSA) is 43.8 Å². The van der Waals surface area contributed by atoms with Gasteiger partial charge >= 0.3 is 0 Å². The molecule has 0 aliphatic carbocycles. The lowest BCUT2D eigenvalue weighted by atomic mass is 10.1. The summed E-state index contributed by atoms with van der Waals surface area (Å²) in [6.45, 7) is 5.14. The maximum absolute atomic E-state index is 12.2. The molecule has 1 unspecified atom stereocenters. The molecular formula is C16H24N2O2. The highest BCUT2D eigenvalue weighted by Crippen LogP contribution is 2.19. The fourth-order valence-corrected chi connectivity index (χ4v) is 2.89. The summed E-state index contributed by atoms with van der Waals surface area (Å²) in [7, 11) is 1.86. The maximum atomic E-state index is 12.2. The number of nitrogens with zero attached hydrogens (tertiary/aromatic N) is 2. The molecule has 110 valence electrons. The Hall–Kier alpha value is -1.55. The Balaban J connectivity index is 1.91. The number of carbonyl (C=O) groups excluding carboxylic acids is 1. The highest BCUT2D eigenvalue weighted by atomic mass is 16.3. The minimum atomic E-state index is 0.0643. The fourth-order valence-electron chi connectivity index (χ4n) is 2.89. The number of phenolic OH excluding ortho intramolecular Hbond substituents is 1. The average molecular weight is 276 g/mol. The number of amides is 1. The molecule has 1 atom stereocenters. The van der Waals surface area contributed by atoms with Crippen LogP contribution in [0.1, 0.15) is 25.3 Å². The van der Waals surface area contributed by atoms with E-state index in [9.17, 15) is 9.90 Å². The fraction of sp³-hybridized carbons (Fsp3) is 0.562. The zero-order valence-electron chi connectivity index (χ0n) is 12.4. The lowest BCUT2D eigenvalue weighted by molar-refractivity contribution is -0.129. The van der Waals surface area contributed by atoms with Gasteiger partial charge in [-0.05, 0) is 32.0 Å². The molecule has 4 nitrogen and oxygen atoms in total. The molecule has 1 amide bonds. The number of phenols is 1. The predicted octanol–water partition coefficient (Wildman–Crippen LogP) is 1.88. The average Bonchev–Trinajstić information content (AvgIpc) is 2.88. The Morgan fingerprint density at radius 1 is 1.45 bits per heavy atom. The van der Waals surface area contributed by atoms with Crippen molar-refractivity contribution in [2.24, 2.45) is 0 Å². The minimum absolute atomic E-state index is 0.0643. The molecule has 0 spiro atoms. The summed E-state index contributed by atoms with van der Waals surface area (Å²) in [5, 5.41) is 9.73.